The number of hydrogen-bond acceptors (Lipinski definition) is 2. The van der Waals surface area contributed by atoms with Crippen molar-refractivity contribution < 1.29 is 0 Å². The number of hydrogen-bond donors (Lipinski definition) is 0. The van der Waals surface area contributed by atoms with Crippen LogP contribution in [0.15, 0.2) is 206 Å². The molecule has 268 valence electrons. The van der Waals surface area contributed by atoms with Gasteiger partial charge in [-0.3, -0.25) is 0 Å². The summed E-state index contributed by atoms with van der Waals surface area (Å²) in [5.41, 5.74) is 19.7. The molecule has 3 nitrogen and oxygen atoms in total. The van der Waals surface area contributed by atoms with Crippen LogP contribution in [0.25, 0.3) is 60.3 Å². The third-order valence-corrected chi connectivity index (χ3v) is 12.7. The van der Waals surface area contributed by atoms with Gasteiger partial charge in [-0.1, -0.05) is 164 Å². The zero-order valence-corrected chi connectivity index (χ0v) is 31.5. The molecule has 0 atom stereocenters. The topological polar surface area (TPSA) is 10.9 Å². The van der Waals surface area contributed by atoms with Crippen LogP contribution in [0.5, 0.6) is 0 Å². The van der Waals surface area contributed by atoms with Crippen molar-refractivity contribution in [3.05, 3.63) is 206 Å². The smallest absolute Gasteiger partial charge is 0.252 e. The van der Waals surface area contributed by atoms with E-state index in [-0.39, 0.29) is 6.71 Å². The van der Waals surface area contributed by atoms with E-state index in [0.717, 1.165) is 5.69 Å². The van der Waals surface area contributed by atoms with Crippen LogP contribution in [0.1, 0.15) is 0 Å². The molecule has 0 radical (unpaired) electrons. The molecule has 0 saturated heterocycles. The Morgan fingerprint density at radius 1 is 0.310 bits per heavy atom. The van der Waals surface area contributed by atoms with E-state index in [2.05, 4.69) is 220 Å². The predicted octanol–water partition coefficient (Wildman–Crippen LogP) is 12.3. The highest BCUT2D eigenvalue weighted by Crippen LogP contribution is 2.49. The van der Waals surface area contributed by atoms with Crippen LogP contribution in [-0.4, -0.2) is 11.1 Å². The van der Waals surface area contributed by atoms with Crippen molar-refractivity contribution in [2.45, 2.75) is 0 Å². The predicted molar refractivity (Wildman–Crippen MR) is 246 cm³/mol. The van der Waals surface area contributed by atoms with Crippen LogP contribution < -0.4 is 26.2 Å². The number of fused-ring (bicyclic) bond motifs is 10. The van der Waals surface area contributed by atoms with E-state index in [0.29, 0.717) is 0 Å². The van der Waals surface area contributed by atoms with E-state index in [9.17, 15) is 0 Å². The van der Waals surface area contributed by atoms with Crippen LogP contribution >= 0.6 is 0 Å². The lowest BCUT2D eigenvalue weighted by molar-refractivity contribution is 1.25. The summed E-state index contributed by atoms with van der Waals surface area (Å²) in [7, 11) is 0. The maximum atomic E-state index is 2.56. The minimum Gasteiger partial charge on any atom is -0.311 e. The van der Waals surface area contributed by atoms with E-state index in [1.165, 1.54) is 105 Å². The molecule has 0 amide bonds. The summed E-state index contributed by atoms with van der Waals surface area (Å²) < 4.78 is 2.51. The molecule has 11 aromatic rings. The van der Waals surface area contributed by atoms with Crippen LogP contribution in [-0.2, 0) is 0 Å². The second-order valence-corrected chi connectivity index (χ2v) is 15.6. The molecule has 0 saturated carbocycles. The maximum Gasteiger partial charge on any atom is 0.252 e. The highest BCUT2D eigenvalue weighted by atomic mass is 15.2. The van der Waals surface area contributed by atoms with Gasteiger partial charge in [0.15, 0.2) is 0 Å². The third kappa shape index (κ3) is 4.24. The van der Waals surface area contributed by atoms with Crippen LogP contribution in [0.2, 0.25) is 0 Å². The van der Waals surface area contributed by atoms with Gasteiger partial charge < -0.3 is 14.2 Å². The summed E-state index contributed by atoms with van der Waals surface area (Å²) >= 11 is 0. The Balaban J connectivity index is 1.16. The zero-order valence-electron chi connectivity index (χ0n) is 31.5. The molecule has 2 aliphatic rings. The van der Waals surface area contributed by atoms with Crippen molar-refractivity contribution >= 4 is 95.3 Å². The minimum absolute atomic E-state index is 0.0129. The Kier molecular flexibility index (Phi) is 6.53. The number of para-hydroxylation sites is 5. The highest BCUT2D eigenvalue weighted by molar-refractivity contribution is 7.00. The molecule has 2 aromatic heterocycles. The first-order chi connectivity index (χ1) is 28.8. The lowest BCUT2D eigenvalue weighted by Crippen LogP contribution is -2.61. The highest BCUT2D eigenvalue weighted by Gasteiger charge is 2.44. The largest absolute Gasteiger partial charge is 0.311 e. The van der Waals surface area contributed by atoms with Crippen molar-refractivity contribution in [1.29, 1.82) is 0 Å². The second-order valence-electron chi connectivity index (χ2n) is 15.6. The lowest BCUT2D eigenvalue weighted by atomic mass is 9.33. The van der Waals surface area contributed by atoms with Gasteiger partial charge >= 0.3 is 0 Å². The fourth-order valence-corrected chi connectivity index (χ4v) is 10.4. The van der Waals surface area contributed by atoms with E-state index in [1.807, 2.05) is 0 Å². The van der Waals surface area contributed by atoms with Crippen LogP contribution in [0, 0.1) is 0 Å². The average molecular weight is 736 g/mol. The number of nitrogens with zero attached hydrogens (tertiary/aromatic N) is 3. The molecule has 0 unspecified atom stereocenters. The molecular formula is C54H34BN3. The Bertz CT molecular complexity index is 3420. The minimum atomic E-state index is 0.0129. The molecule has 0 N–H and O–H groups in total. The number of rotatable bonds is 4. The van der Waals surface area contributed by atoms with Gasteiger partial charge in [0.05, 0.1) is 27.9 Å². The molecule has 0 fully saturated rings. The van der Waals surface area contributed by atoms with Gasteiger partial charge in [-0.05, 0) is 70.0 Å². The third-order valence-electron chi connectivity index (χ3n) is 12.7. The van der Waals surface area contributed by atoms with Gasteiger partial charge in [0.2, 0.25) is 0 Å². The summed E-state index contributed by atoms with van der Waals surface area (Å²) in [6.45, 7) is 0.0129. The first-order valence-corrected chi connectivity index (χ1v) is 20.2. The molecule has 0 aliphatic carbocycles. The van der Waals surface area contributed by atoms with E-state index in [4.69, 9.17) is 0 Å². The summed E-state index contributed by atoms with van der Waals surface area (Å²) in [4.78, 5) is 5.08. The zero-order chi connectivity index (χ0) is 37.9. The van der Waals surface area contributed by atoms with Gasteiger partial charge in [-0.25, -0.2) is 0 Å². The number of aromatic nitrogens is 1. The Morgan fingerprint density at radius 2 is 0.810 bits per heavy atom. The van der Waals surface area contributed by atoms with Crippen molar-refractivity contribution in [3.63, 3.8) is 0 Å². The van der Waals surface area contributed by atoms with Crippen molar-refractivity contribution in [3.8, 4) is 22.3 Å². The lowest BCUT2D eigenvalue weighted by Gasteiger charge is -2.44. The van der Waals surface area contributed by atoms with Gasteiger partial charge in [-0.2, -0.15) is 0 Å². The van der Waals surface area contributed by atoms with Crippen LogP contribution in [0.4, 0.5) is 34.1 Å². The number of benzene rings is 9. The molecule has 4 heteroatoms. The van der Waals surface area contributed by atoms with Gasteiger partial charge in [0, 0.05) is 55.4 Å². The fraction of sp³-hybridized carbons (Fsp3) is 0. The Hall–Kier alpha value is -7.56. The first-order valence-electron chi connectivity index (χ1n) is 20.2. The van der Waals surface area contributed by atoms with Crippen molar-refractivity contribution in [2.24, 2.45) is 0 Å². The van der Waals surface area contributed by atoms with Gasteiger partial charge in [-0.15, -0.1) is 0 Å². The average Bonchev–Trinajstić information content (AvgIpc) is 3.81. The van der Waals surface area contributed by atoms with Crippen LogP contribution in [0.3, 0.4) is 0 Å². The molecule has 0 spiro atoms. The maximum absolute atomic E-state index is 2.56. The standard InChI is InChI=1S/C54H34BN3/c1-3-17-35(18-4-1)37-21-7-11-27-45(37)56-48-30-14-10-26-43(48)55-44-33-42-41-25-15-24-40-39-23-9-13-29-47(39)58(54(40)41)51(42)34-52(44)57(50-32-16-31-49(56)53(50)55)46-28-12-8-22-38(46)36-19-5-2-6-20-36/h1-34H. The van der Waals surface area contributed by atoms with E-state index < -0.39 is 0 Å². The van der Waals surface area contributed by atoms with E-state index in [1.54, 1.807) is 0 Å². The molecule has 0 bridgehead atoms. The van der Waals surface area contributed by atoms with Crippen molar-refractivity contribution in [1.82, 2.24) is 4.40 Å². The molecule has 58 heavy (non-hydrogen) atoms. The summed E-state index contributed by atoms with van der Waals surface area (Å²) in [6.07, 6.45) is 0. The molecule has 2 aliphatic heterocycles. The molecule has 4 heterocycles. The Labute approximate surface area is 336 Å². The quantitative estimate of drug-likeness (QED) is 0.167. The van der Waals surface area contributed by atoms with E-state index >= 15 is 0 Å². The monoisotopic (exact) mass is 735 g/mol. The SMILES string of the molecule is c1ccc(-c2ccccc2N2c3ccccc3B3c4cc5c6cccc7c8ccccc8n(c5cc4N(c4ccccc4-c4ccccc4)c4cccc2c43)c76)cc1. The molecule has 9 aromatic carbocycles. The normalized spacial score (nSPS) is 13.1. The van der Waals surface area contributed by atoms with Gasteiger partial charge in [0.1, 0.15) is 0 Å². The molecule has 13 rings (SSSR count). The Morgan fingerprint density at radius 3 is 1.50 bits per heavy atom. The van der Waals surface area contributed by atoms with Crippen molar-refractivity contribution in [2.75, 3.05) is 9.80 Å². The summed E-state index contributed by atoms with van der Waals surface area (Å²) in [5, 5.41) is 5.18. The summed E-state index contributed by atoms with van der Waals surface area (Å²) in [6, 6.07) is 76.2. The fourth-order valence-electron chi connectivity index (χ4n) is 10.4. The molecular weight excluding hydrogens is 701 g/mol. The summed E-state index contributed by atoms with van der Waals surface area (Å²) in [5.74, 6) is 0. The number of anilines is 6. The second kappa shape index (κ2) is 12.0. The van der Waals surface area contributed by atoms with Gasteiger partial charge in [0.25, 0.3) is 6.71 Å². The first kappa shape index (κ1) is 31.6.